The molecule has 0 aromatic rings. The molecule has 1 aliphatic rings. The lowest BCUT2D eigenvalue weighted by Gasteiger charge is -2.22. The molecule has 1 unspecified atom stereocenters. The summed E-state index contributed by atoms with van der Waals surface area (Å²) in [6.45, 7) is 2.98. The first-order chi connectivity index (χ1) is 7.24. The topological polar surface area (TPSA) is 44.8 Å². The lowest BCUT2D eigenvalue weighted by molar-refractivity contribution is -0.161. The number of carbonyl (C=O) groups is 1. The maximum absolute atomic E-state index is 11.6. The van der Waals surface area contributed by atoms with Gasteiger partial charge in [-0.05, 0) is 19.3 Å². The van der Waals surface area contributed by atoms with Crippen LogP contribution in [0.1, 0.15) is 19.3 Å². The Labute approximate surface area is 88.0 Å². The van der Waals surface area contributed by atoms with Crippen LogP contribution in [0.25, 0.3) is 0 Å². The van der Waals surface area contributed by atoms with Crippen molar-refractivity contribution in [3.63, 3.8) is 0 Å². The van der Waals surface area contributed by atoms with Crippen molar-refractivity contribution >= 4 is 5.97 Å². The third kappa shape index (κ3) is 4.40. The number of hydrogen-bond acceptors (Lipinski definition) is 4. The fraction of sp³-hybridized carbons (Fsp3) is 0.700. The molecule has 5 heteroatoms. The highest BCUT2D eigenvalue weighted by molar-refractivity contribution is 5.87. The van der Waals surface area contributed by atoms with Crippen molar-refractivity contribution in [2.45, 2.75) is 25.6 Å². The maximum Gasteiger partial charge on any atom is 0.338 e. The first-order valence-corrected chi connectivity index (χ1v) is 4.88. The van der Waals surface area contributed by atoms with E-state index < -0.39 is 12.8 Å². The quantitative estimate of drug-likeness (QED) is 0.519. The minimum atomic E-state index is -1.14. The van der Waals surface area contributed by atoms with Crippen LogP contribution in [-0.4, -0.2) is 32.3 Å². The number of alkyl halides is 1. The van der Waals surface area contributed by atoms with Gasteiger partial charge in [-0.15, -0.1) is 0 Å². The van der Waals surface area contributed by atoms with Gasteiger partial charge in [-0.1, -0.05) is 6.58 Å². The van der Waals surface area contributed by atoms with Crippen LogP contribution < -0.4 is 0 Å². The van der Waals surface area contributed by atoms with Crippen molar-refractivity contribution in [2.24, 2.45) is 0 Å². The fourth-order valence-corrected chi connectivity index (χ4v) is 1.25. The molecule has 0 radical (unpaired) electrons. The van der Waals surface area contributed by atoms with Gasteiger partial charge in [-0.2, -0.15) is 0 Å². The van der Waals surface area contributed by atoms with Gasteiger partial charge in [0.2, 0.25) is 6.86 Å². The number of hydrogen-bond donors (Lipinski definition) is 0. The number of ether oxygens (including phenoxy) is 3. The summed E-state index contributed by atoms with van der Waals surface area (Å²) < 4.78 is 26.3. The standard InChI is InChI=1S/C10H15FO4/c1-8(10(12)15-7-11)6-14-9-4-2-3-5-13-9/h9H,1-7H2. The summed E-state index contributed by atoms with van der Waals surface area (Å²) in [5.74, 6) is -0.770. The highest BCUT2D eigenvalue weighted by Crippen LogP contribution is 2.14. The molecule has 1 rings (SSSR count). The lowest BCUT2D eigenvalue weighted by Crippen LogP contribution is -2.24. The Bertz CT molecular complexity index is 223. The molecule has 1 fully saturated rings. The Morgan fingerprint density at radius 2 is 2.33 bits per heavy atom. The highest BCUT2D eigenvalue weighted by atomic mass is 19.1. The molecule has 1 aliphatic heterocycles. The highest BCUT2D eigenvalue weighted by Gasteiger charge is 2.16. The average Bonchev–Trinajstić information content (AvgIpc) is 2.27. The third-order valence-electron chi connectivity index (χ3n) is 2.06. The van der Waals surface area contributed by atoms with Gasteiger partial charge < -0.3 is 14.2 Å². The summed E-state index contributed by atoms with van der Waals surface area (Å²) in [7, 11) is 0. The van der Waals surface area contributed by atoms with E-state index in [2.05, 4.69) is 11.3 Å². The largest absolute Gasteiger partial charge is 0.430 e. The van der Waals surface area contributed by atoms with Crippen molar-refractivity contribution < 1.29 is 23.4 Å². The first-order valence-electron chi connectivity index (χ1n) is 4.88. The predicted molar refractivity (Wildman–Crippen MR) is 50.8 cm³/mol. The molecule has 0 aromatic carbocycles. The minimum Gasteiger partial charge on any atom is -0.430 e. The van der Waals surface area contributed by atoms with E-state index in [-0.39, 0.29) is 18.5 Å². The van der Waals surface area contributed by atoms with E-state index >= 15 is 0 Å². The molecule has 86 valence electrons. The third-order valence-corrected chi connectivity index (χ3v) is 2.06. The molecule has 0 aromatic heterocycles. The van der Waals surface area contributed by atoms with Crippen LogP contribution in [0.3, 0.4) is 0 Å². The zero-order valence-corrected chi connectivity index (χ0v) is 8.54. The first kappa shape index (κ1) is 12.1. The Morgan fingerprint density at radius 3 is 2.93 bits per heavy atom. The van der Waals surface area contributed by atoms with Gasteiger partial charge in [0, 0.05) is 6.61 Å². The number of halogens is 1. The van der Waals surface area contributed by atoms with E-state index in [4.69, 9.17) is 9.47 Å². The van der Waals surface area contributed by atoms with Gasteiger partial charge in [-0.25, -0.2) is 9.18 Å². The molecule has 15 heavy (non-hydrogen) atoms. The van der Waals surface area contributed by atoms with Gasteiger partial charge >= 0.3 is 5.97 Å². The summed E-state index contributed by atoms with van der Waals surface area (Å²) in [5, 5.41) is 0. The molecule has 1 heterocycles. The van der Waals surface area contributed by atoms with Crippen LogP contribution >= 0.6 is 0 Å². The Morgan fingerprint density at radius 1 is 1.53 bits per heavy atom. The number of esters is 1. The van der Waals surface area contributed by atoms with E-state index in [9.17, 15) is 9.18 Å². The van der Waals surface area contributed by atoms with E-state index in [1.807, 2.05) is 0 Å². The molecule has 1 saturated heterocycles. The Balaban J connectivity index is 2.17. The normalized spacial score (nSPS) is 21.0. The molecule has 0 spiro atoms. The van der Waals surface area contributed by atoms with E-state index in [1.165, 1.54) is 0 Å². The van der Waals surface area contributed by atoms with Crippen molar-refractivity contribution in [2.75, 3.05) is 20.1 Å². The second kappa shape index (κ2) is 6.53. The van der Waals surface area contributed by atoms with E-state index in [0.29, 0.717) is 6.61 Å². The van der Waals surface area contributed by atoms with Crippen LogP contribution in [0.5, 0.6) is 0 Å². The van der Waals surface area contributed by atoms with Crippen LogP contribution in [-0.2, 0) is 19.0 Å². The summed E-state index contributed by atoms with van der Waals surface area (Å²) >= 11 is 0. The minimum absolute atomic E-state index is 0.0174. The maximum atomic E-state index is 11.6. The van der Waals surface area contributed by atoms with E-state index in [1.54, 1.807) is 0 Å². The molecular weight excluding hydrogens is 203 g/mol. The van der Waals surface area contributed by atoms with Gasteiger partial charge in [-0.3, -0.25) is 0 Å². The molecule has 0 saturated carbocycles. The second-order valence-electron chi connectivity index (χ2n) is 3.25. The van der Waals surface area contributed by atoms with Gasteiger partial charge in [0.1, 0.15) is 0 Å². The van der Waals surface area contributed by atoms with Crippen molar-refractivity contribution in [3.8, 4) is 0 Å². The van der Waals surface area contributed by atoms with Gasteiger partial charge in [0.25, 0.3) is 0 Å². The van der Waals surface area contributed by atoms with Gasteiger partial charge in [0.05, 0.1) is 12.2 Å². The molecular formula is C10H15FO4. The fourth-order valence-electron chi connectivity index (χ4n) is 1.25. The second-order valence-corrected chi connectivity index (χ2v) is 3.25. The summed E-state index contributed by atoms with van der Waals surface area (Å²) in [6.07, 6.45) is 2.61. The zero-order chi connectivity index (χ0) is 11.1. The molecule has 0 bridgehead atoms. The van der Waals surface area contributed by atoms with Crippen molar-refractivity contribution in [3.05, 3.63) is 12.2 Å². The number of rotatable bonds is 5. The Kier molecular flexibility index (Phi) is 5.28. The summed E-state index contributed by atoms with van der Waals surface area (Å²) in [5.41, 5.74) is 0.0989. The lowest BCUT2D eigenvalue weighted by atomic mass is 10.2. The molecule has 4 nitrogen and oxygen atoms in total. The SMILES string of the molecule is C=C(COC1CCCCO1)C(=O)OCF. The van der Waals surface area contributed by atoms with Crippen molar-refractivity contribution in [1.29, 1.82) is 0 Å². The average molecular weight is 218 g/mol. The predicted octanol–water partition coefficient (Wildman–Crippen LogP) is 1.56. The zero-order valence-electron chi connectivity index (χ0n) is 8.54. The van der Waals surface area contributed by atoms with E-state index in [0.717, 1.165) is 19.3 Å². The summed E-state index contributed by atoms with van der Waals surface area (Å²) in [6, 6.07) is 0. The molecule has 0 amide bonds. The Hall–Kier alpha value is -0.940. The number of carbonyl (C=O) groups excluding carboxylic acids is 1. The van der Waals surface area contributed by atoms with Crippen LogP contribution in [0.2, 0.25) is 0 Å². The van der Waals surface area contributed by atoms with Crippen molar-refractivity contribution in [1.82, 2.24) is 0 Å². The van der Waals surface area contributed by atoms with Crippen LogP contribution in [0.4, 0.5) is 4.39 Å². The monoisotopic (exact) mass is 218 g/mol. The van der Waals surface area contributed by atoms with Gasteiger partial charge in [0.15, 0.2) is 6.29 Å². The molecule has 1 atom stereocenters. The molecule has 0 N–H and O–H groups in total. The summed E-state index contributed by atoms with van der Waals surface area (Å²) in [4.78, 5) is 10.9. The van der Waals surface area contributed by atoms with Crippen LogP contribution in [0, 0.1) is 0 Å². The van der Waals surface area contributed by atoms with Crippen LogP contribution in [0.15, 0.2) is 12.2 Å². The smallest absolute Gasteiger partial charge is 0.338 e. The molecule has 0 aliphatic carbocycles.